The molecular formula is C22H22N2O3. The van der Waals surface area contributed by atoms with Crippen molar-refractivity contribution in [1.82, 2.24) is 0 Å². The summed E-state index contributed by atoms with van der Waals surface area (Å²) in [5, 5.41) is 12.0. The number of carbonyl (C=O) groups excluding carboxylic acids is 2. The monoisotopic (exact) mass is 362 g/mol. The van der Waals surface area contributed by atoms with Gasteiger partial charge in [0.15, 0.2) is 0 Å². The lowest BCUT2D eigenvalue weighted by atomic mass is 10.0. The Bertz CT molecular complexity index is 891. The molecule has 0 unspecified atom stereocenters. The first-order chi connectivity index (χ1) is 12.9. The number of anilines is 1. The molecule has 2 aromatic rings. The fourth-order valence-corrected chi connectivity index (χ4v) is 2.43. The molecule has 0 bridgehead atoms. The van der Waals surface area contributed by atoms with E-state index in [0.29, 0.717) is 17.2 Å². The summed E-state index contributed by atoms with van der Waals surface area (Å²) in [7, 11) is 0. The van der Waals surface area contributed by atoms with Crippen LogP contribution in [0.4, 0.5) is 5.69 Å². The Morgan fingerprint density at radius 2 is 1.89 bits per heavy atom. The largest absolute Gasteiger partial charge is 0.462 e. The Morgan fingerprint density at radius 3 is 2.48 bits per heavy atom. The van der Waals surface area contributed by atoms with Gasteiger partial charge in [-0.05, 0) is 48.2 Å². The summed E-state index contributed by atoms with van der Waals surface area (Å²) in [6.45, 7) is 6.19. The second-order valence-electron chi connectivity index (χ2n) is 6.25. The van der Waals surface area contributed by atoms with Gasteiger partial charge in [0.25, 0.3) is 5.91 Å². The average Bonchev–Trinajstić information content (AvgIpc) is 2.66. The molecule has 0 spiro atoms. The van der Waals surface area contributed by atoms with Crippen molar-refractivity contribution in [2.75, 3.05) is 11.9 Å². The number of carbonyl (C=O) groups is 2. The van der Waals surface area contributed by atoms with Crippen LogP contribution in [-0.4, -0.2) is 18.5 Å². The highest BCUT2D eigenvalue weighted by atomic mass is 16.5. The number of esters is 1. The summed E-state index contributed by atoms with van der Waals surface area (Å²) in [4.78, 5) is 24.2. The van der Waals surface area contributed by atoms with Gasteiger partial charge in [0.1, 0.15) is 11.6 Å². The quantitative estimate of drug-likeness (QED) is 0.465. The third kappa shape index (κ3) is 5.55. The SMILES string of the molecule is CCOC(=O)c1cccc(NC(=O)C(C#N)=Cc2ccc(C(C)C)cc2)c1. The molecule has 0 aliphatic heterocycles. The van der Waals surface area contributed by atoms with Crippen LogP contribution in [0.25, 0.3) is 6.08 Å². The highest BCUT2D eigenvalue weighted by Gasteiger charge is 2.12. The molecule has 1 N–H and O–H groups in total. The molecule has 0 aliphatic carbocycles. The van der Waals surface area contributed by atoms with Gasteiger partial charge >= 0.3 is 5.97 Å². The molecule has 5 heteroatoms. The number of hydrogen-bond acceptors (Lipinski definition) is 4. The van der Waals surface area contributed by atoms with Crippen molar-refractivity contribution in [3.63, 3.8) is 0 Å². The lowest BCUT2D eigenvalue weighted by Gasteiger charge is -2.07. The third-order valence-corrected chi connectivity index (χ3v) is 3.91. The Kier molecular flexibility index (Phi) is 6.90. The Morgan fingerprint density at radius 1 is 1.19 bits per heavy atom. The molecule has 0 aliphatic rings. The smallest absolute Gasteiger partial charge is 0.338 e. The zero-order valence-electron chi connectivity index (χ0n) is 15.7. The Balaban J connectivity index is 2.16. The van der Waals surface area contributed by atoms with Crippen molar-refractivity contribution in [2.45, 2.75) is 26.7 Å². The standard InChI is InChI=1S/C22H22N2O3/c1-4-27-22(26)18-6-5-7-20(13-18)24-21(25)19(14-23)12-16-8-10-17(11-9-16)15(2)3/h5-13,15H,4H2,1-3H3,(H,24,25). The molecule has 0 saturated heterocycles. The van der Waals surface area contributed by atoms with Crippen molar-refractivity contribution in [1.29, 1.82) is 5.26 Å². The van der Waals surface area contributed by atoms with Gasteiger partial charge in [0.2, 0.25) is 0 Å². The van der Waals surface area contributed by atoms with Crippen molar-refractivity contribution < 1.29 is 14.3 Å². The van der Waals surface area contributed by atoms with E-state index in [9.17, 15) is 14.9 Å². The highest BCUT2D eigenvalue weighted by molar-refractivity contribution is 6.10. The van der Waals surface area contributed by atoms with E-state index in [4.69, 9.17) is 4.74 Å². The molecular weight excluding hydrogens is 340 g/mol. The molecule has 27 heavy (non-hydrogen) atoms. The molecule has 5 nitrogen and oxygen atoms in total. The minimum atomic E-state index is -0.536. The maximum absolute atomic E-state index is 12.4. The van der Waals surface area contributed by atoms with Gasteiger partial charge in [-0.15, -0.1) is 0 Å². The number of nitrogens with zero attached hydrogens (tertiary/aromatic N) is 1. The summed E-state index contributed by atoms with van der Waals surface area (Å²) < 4.78 is 4.95. The second-order valence-corrected chi connectivity index (χ2v) is 6.25. The highest BCUT2D eigenvalue weighted by Crippen LogP contribution is 2.17. The van der Waals surface area contributed by atoms with Crippen LogP contribution >= 0.6 is 0 Å². The van der Waals surface area contributed by atoms with Crippen molar-refractivity contribution >= 4 is 23.6 Å². The van der Waals surface area contributed by atoms with Gasteiger partial charge < -0.3 is 10.1 Å². The molecule has 0 saturated carbocycles. The summed E-state index contributed by atoms with van der Waals surface area (Å²) in [6.07, 6.45) is 1.54. The molecule has 138 valence electrons. The molecule has 2 rings (SSSR count). The summed E-state index contributed by atoms with van der Waals surface area (Å²) in [5.41, 5.74) is 2.69. The number of hydrogen-bond donors (Lipinski definition) is 1. The van der Waals surface area contributed by atoms with Crippen LogP contribution in [0.2, 0.25) is 0 Å². The minimum Gasteiger partial charge on any atom is -0.462 e. The summed E-state index contributed by atoms with van der Waals surface area (Å²) in [6, 6.07) is 16.0. The van der Waals surface area contributed by atoms with E-state index >= 15 is 0 Å². The summed E-state index contributed by atoms with van der Waals surface area (Å²) in [5.74, 6) is -0.588. The first-order valence-electron chi connectivity index (χ1n) is 8.75. The number of benzene rings is 2. The normalized spacial score (nSPS) is 11.0. The van der Waals surface area contributed by atoms with Gasteiger partial charge in [0.05, 0.1) is 12.2 Å². The van der Waals surface area contributed by atoms with Crippen molar-refractivity contribution in [3.05, 3.63) is 70.8 Å². The van der Waals surface area contributed by atoms with E-state index in [2.05, 4.69) is 19.2 Å². The van der Waals surface area contributed by atoms with Crippen LogP contribution in [0.1, 0.15) is 48.2 Å². The van der Waals surface area contributed by atoms with Crippen LogP contribution < -0.4 is 5.32 Å². The zero-order valence-corrected chi connectivity index (χ0v) is 15.7. The fraction of sp³-hybridized carbons (Fsp3) is 0.227. The van der Waals surface area contributed by atoms with Crippen molar-refractivity contribution in [2.24, 2.45) is 0 Å². The molecule has 2 aromatic carbocycles. The predicted octanol–water partition coefficient (Wildman–Crippen LogP) is 4.53. The van der Waals surface area contributed by atoms with E-state index in [1.807, 2.05) is 30.3 Å². The van der Waals surface area contributed by atoms with E-state index in [-0.39, 0.29) is 12.2 Å². The maximum atomic E-state index is 12.4. The third-order valence-electron chi connectivity index (χ3n) is 3.91. The molecule has 0 atom stereocenters. The molecule has 0 fully saturated rings. The molecule has 0 heterocycles. The zero-order chi connectivity index (χ0) is 19.8. The van der Waals surface area contributed by atoms with Gasteiger partial charge in [0, 0.05) is 5.69 Å². The average molecular weight is 362 g/mol. The topological polar surface area (TPSA) is 79.2 Å². The van der Waals surface area contributed by atoms with Gasteiger partial charge in [-0.2, -0.15) is 5.26 Å². The number of rotatable bonds is 6. The van der Waals surface area contributed by atoms with Crippen LogP contribution in [0.3, 0.4) is 0 Å². The first-order valence-corrected chi connectivity index (χ1v) is 8.75. The Hall–Kier alpha value is -3.39. The van der Waals surface area contributed by atoms with E-state index in [1.54, 1.807) is 25.1 Å². The number of nitriles is 1. The second kappa shape index (κ2) is 9.35. The van der Waals surface area contributed by atoms with E-state index in [0.717, 1.165) is 5.56 Å². The molecule has 0 radical (unpaired) electrons. The fourth-order valence-electron chi connectivity index (χ4n) is 2.43. The predicted molar refractivity (Wildman–Crippen MR) is 105 cm³/mol. The first kappa shape index (κ1) is 19.9. The van der Waals surface area contributed by atoms with Crippen LogP contribution in [0.5, 0.6) is 0 Å². The van der Waals surface area contributed by atoms with Crippen molar-refractivity contribution in [3.8, 4) is 6.07 Å². The number of amides is 1. The molecule has 1 amide bonds. The number of ether oxygens (including phenoxy) is 1. The van der Waals surface area contributed by atoms with Gasteiger partial charge in [-0.3, -0.25) is 4.79 Å². The van der Waals surface area contributed by atoms with Gasteiger partial charge in [-0.1, -0.05) is 44.2 Å². The molecule has 0 aromatic heterocycles. The van der Waals surface area contributed by atoms with Gasteiger partial charge in [-0.25, -0.2) is 4.79 Å². The summed E-state index contributed by atoms with van der Waals surface area (Å²) >= 11 is 0. The number of nitrogens with one attached hydrogen (secondary N) is 1. The maximum Gasteiger partial charge on any atom is 0.338 e. The Labute approximate surface area is 159 Å². The lowest BCUT2D eigenvalue weighted by molar-refractivity contribution is -0.112. The lowest BCUT2D eigenvalue weighted by Crippen LogP contribution is -2.14. The van der Waals surface area contributed by atoms with Crippen LogP contribution in [0, 0.1) is 11.3 Å². The van der Waals surface area contributed by atoms with E-state index < -0.39 is 11.9 Å². The van der Waals surface area contributed by atoms with Crippen LogP contribution in [0.15, 0.2) is 54.1 Å². The minimum absolute atomic E-state index is 0.0196. The van der Waals surface area contributed by atoms with Crippen LogP contribution in [-0.2, 0) is 9.53 Å². The van der Waals surface area contributed by atoms with E-state index in [1.165, 1.54) is 17.7 Å².